The second-order valence-corrected chi connectivity index (χ2v) is 9.65. The molecule has 32 heavy (non-hydrogen) atoms. The van der Waals surface area contributed by atoms with E-state index in [4.69, 9.17) is 4.74 Å². The highest BCUT2D eigenvalue weighted by Crippen LogP contribution is 2.27. The third kappa shape index (κ3) is 5.75. The number of likely N-dealkylation sites (N-methyl/N-ethyl adjacent to an activating group) is 1. The van der Waals surface area contributed by atoms with E-state index < -0.39 is 10.0 Å². The number of rotatable bonds is 9. The molecular weight excluding hydrogens is 424 g/mol. The zero-order valence-electron chi connectivity index (χ0n) is 18.6. The van der Waals surface area contributed by atoms with E-state index in [0.29, 0.717) is 13.1 Å². The number of carbonyl (C=O) groups is 1. The Morgan fingerprint density at radius 3 is 1.91 bits per heavy atom. The van der Waals surface area contributed by atoms with Crippen molar-refractivity contribution >= 4 is 15.9 Å². The van der Waals surface area contributed by atoms with Crippen LogP contribution in [0.15, 0.2) is 83.8 Å². The molecule has 1 amide bonds. The van der Waals surface area contributed by atoms with Crippen molar-refractivity contribution < 1.29 is 17.9 Å². The normalized spacial score (nSPS) is 11.4. The summed E-state index contributed by atoms with van der Waals surface area (Å²) in [6, 6.07) is 24.3. The molecule has 6 nitrogen and oxygen atoms in total. The highest BCUT2D eigenvalue weighted by Gasteiger charge is 2.28. The zero-order valence-corrected chi connectivity index (χ0v) is 19.4. The monoisotopic (exact) mass is 452 g/mol. The number of hydrogen-bond donors (Lipinski definition) is 0. The van der Waals surface area contributed by atoms with Crippen molar-refractivity contribution in [2.75, 3.05) is 20.7 Å². The summed E-state index contributed by atoms with van der Waals surface area (Å²) in [5.74, 6) is -0.0317. The minimum atomic E-state index is -3.92. The van der Waals surface area contributed by atoms with Crippen molar-refractivity contribution in [2.24, 2.45) is 0 Å². The number of sulfonamides is 1. The lowest BCUT2D eigenvalue weighted by Crippen LogP contribution is -2.40. The van der Waals surface area contributed by atoms with Crippen LogP contribution in [-0.2, 0) is 27.9 Å². The van der Waals surface area contributed by atoms with Crippen molar-refractivity contribution in [3.8, 4) is 5.75 Å². The Morgan fingerprint density at radius 2 is 1.41 bits per heavy atom. The van der Waals surface area contributed by atoms with Crippen LogP contribution in [-0.4, -0.2) is 44.2 Å². The quantitative estimate of drug-likeness (QED) is 0.495. The Hall–Kier alpha value is -3.16. The van der Waals surface area contributed by atoms with Crippen molar-refractivity contribution in [1.29, 1.82) is 0 Å². The molecule has 0 radical (unpaired) electrons. The summed E-state index contributed by atoms with van der Waals surface area (Å²) in [4.78, 5) is 15.0. The van der Waals surface area contributed by atoms with Crippen molar-refractivity contribution in [2.45, 2.75) is 24.9 Å². The lowest BCUT2D eigenvalue weighted by atomic mass is 10.1. The highest BCUT2D eigenvalue weighted by atomic mass is 32.2. The molecule has 0 aliphatic rings. The number of carbonyl (C=O) groups excluding carboxylic acids is 1. The molecule has 3 rings (SSSR count). The van der Waals surface area contributed by atoms with Gasteiger partial charge in [0.2, 0.25) is 15.9 Å². The van der Waals surface area contributed by atoms with E-state index >= 15 is 0 Å². The second-order valence-electron chi connectivity index (χ2n) is 7.64. The highest BCUT2D eigenvalue weighted by molar-refractivity contribution is 7.89. The Labute approximate surface area is 190 Å². The molecule has 0 fully saturated rings. The Kier molecular flexibility index (Phi) is 7.66. The Balaban J connectivity index is 1.83. The smallest absolute Gasteiger partial charge is 0.246 e. The molecule has 0 atom stereocenters. The van der Waals surface area contributed by atoms with Gasteiger partial charge in [0.1, 0.15) is 10.6 Å². The van der Waals surface area contributed by atoms with Crippen LogP contribution in [0.4, 0.5) is 0 Å². The van der Waals surface area contributed by atoms with E-state index in [2.05, 4.69) is 0 Å². The van der Waals surface area contributed by atoms with Crippen molar-refractivity contribution in [3.63, 3.8) is 0 Å². The third-order valence-corrected chi connectivity index (χ3v) is 6.98. The molecule has 0 aliphatic carbocycles. The average molecular weight is 453 g/mol. The van der Waals surface area contributed by atoms with E-state index in [9.17, 15) is 13.2 Å². The summed E-state index contributed by atoms with van der Waals surface area (Å²) in [5, 5.41) is 0. The van der Waals surface area contributed by atoms with Gasteiger partial charge in [-0.3, -0.25) is 4.79 Å². The summed E-state index contributed by atoms with van der Waals surface area (Å²) >= 11 is 0. The number of aryl methyl sites for hydroxylation is 1. The van der Waals surface area contributed by atoms with Crippen molar-refractivity contribution in [3.05, 3.63) is 95.6 Å². The molecule has 0 saturated carbocycles. The molecule has 0 saturated heterocycles. The Bertz CT molecular complexity index is 1110. The van der Waals surface area contributed by atoms with E-state index in [-0.39, 0.29) is 23.1 Å². The standard InChI is InChI=1S/C25H28N2O4S/c1-20-14-15-23(31-3)24(16-20)32(29,30)26(2)19-25(28)27(17-21-10-6-4-7-11-21)18-22-12-8-5-9-13-22/h4-16H,17-19H2,1-3H3. The van der Waals surface area contributed by atoms with Gasteiger partial charge in [-0.1, -0.05) is 66.7 Å². The van der Waals surface area contributed by atoms with Crippen LogP contribution >= 0.6 is 0 Å². The minimum absolute atomic E-state index is 0.0490. The molecule has 0 unspecified atom stereocenters. The molecule has 7 heteroatoms. The van der Waals surface area contributed by atoms with Crippen LogP contribution in [0.5, 0.6) is 5.75 Å². The summed E-state index contributed by atoms with van der Waals surface area (Å²) in [7, 11) is -1.08. The van der Waals surface area contributed by atoms with Gasteiger partial charge in [0, 0.05) is 20.1 Å². The number of ether oxygens (including phenoxy) is 1. The lowest BCUT2D eigenvalue weighted by molar-refractivity contribution is -0.132. The van der Waals surface area contributed by atoms with Gasteiger partial charge in [-0.2, -0.15) is 4.31 Å². The predicted molar refractivity (Wildman–Crippen MR) is 125 cm³/mol. The first-order valence-corrected chi connectivity index (χ1v) is 11.7. The van der Waals surface area contributed by atoms with Crippen LogP contribution in [0.25, 0.3) is 0 Å². The molecule has 0 spiro atoms. The fourth-order valence-electron chi connectivity index (χ4n) is 3.37. The molecule has 0 aliphatic heterocycles. The number of benzene rings is 3. The van der Waals surface area contributed by atoms with Crippen LogP contribution in [0, 0.1) is 6.92 Å². The first-order valence-electron chi connectivity index (χ1n) is 10.3. The third-order valence-electron chi connectivity index (χ3n) is 5.15. The van der Waals surface area contributed by atoms with Crippen molar-refractivity contribution in [1.82, 2.24) is 9.21 Å². The molecule has 168 valence electrons. The summed E-state index contributed by atoms with van der Waals surface area (Å²) < 4.78 is 32.8. The number of hydrogen-bond acceptors (Lipinski definition) is 4. The fraction of sp³-hybridized carbons (Fsp3) is 0.240. The van der Waals surface area contributed by atoms with Gasteiger partial charge in [0.25, 0.3) is 0 Å². The number of amides is 1. The molecular formula is C25H28N2O4S. The van der Waals surface area contributed by atoms with E-state index in [1.54, 1.807) is 23.1 Å². The molecule has 0 bridgehead atoms. The maximum absolute atomic E-state index is 13.3. The molecule has 0 heterocycles. The lowest BCUT2D eigenvalue weighted by Gasteiger charge is -2.26. The van der Waals surface area contributed by atoms with Gasteiger partial charge in [0.15, 0.2) is 0 Å². The fourth-order valence-corrected chi connectivity index (χ4v) is 4.73. The average Bonchev–Trinajstić information content (AvgIpc) is 2.80. The molecule has 3 aromatic rings. The van der Waals surface area contributed by atoms with Gasteiger partial charge in [-0.15, -0.1) is 0 Å². The minimum Gasteiger partial charge on any atom is -0.495 e. The first kappa shape index (κ1) is 23.5. The number of nitrogens with zero attached hydrogens (tertiary/aromatic N) is 2. The topological polar surface area (TPSA) is 66.9 Å². The van der Waals surface area contributed by atoms with Crippen LogP contribution < -0.4 is 4.74 Å². The van der Waals surface area contributed by atoms with E-state index in [1.807, 2.05) is 67.6 Å². The molecule has 3 aromatic carbocycles. The summed E-state index contributed by atoms with van der Waals surface area (Å²) in [6.07, 6.45) is 0. The van der Waals surface area contributed by atoms with E-state index in [0.717, 1.165) is 21.0 Å². The molecule has 0 aromatic heterocycles. The first-order chi connectivity index (χ1) is 15.3. The van der Waals surface area contributed by atoms with Crippen LogP contribution in [0.1, 0.15) is 16.7 Å². The maximum atomic E-state index is 13.3. The van der Waals surface area contributed by atoms with Crippen LogP contribution in [0.3, 0.4) is 0 Å². The summed E-state index contributed by atoms with van der Waals surface area (Å²) in [6.45, 7) is 2.30. The largest absolute Gasteiger partial charge is 0.495 e. The van der Waals surface area contributed by atoms with E-state index in [1.165, 1.54) is 14.2 Å². The Morgan fingerprint density at radius 1 is 0.875 bits per heavy atom. The van der Waals surface area contributed by atoms with Gasteiger partial charge in [0.05, 0.1) is 13.7 Å². The maximum Gasteiger partial charge on any atom is 0.246 e. The van der Waals surface area contributed by atoms with Crippen LogP contribution in [0.2, 0.25) is 0 Å². The molecule has 0 N–H and O–H groups in total. The van der Waals surface area contributed by atoms with Gasteiger partial charge in [-0.25, -0.2) is 8.42 Å². The zero-order chi connectivity index (χ0) is 23.1. The van der Waals surface area contributed by atoms with Gasteiger partial charge in [-0.05, 0) is 35.7 Å². The predicted octanol–water partition coefficient (Wildman–Crippen LogP) is 3.85. The SMILES string of the molecule is COc1ccc(C)cc1S(=O)(=O)N(C)CC(=O)N(Cc1ccccc1)Cc1ccccc1. The second kappa shape index (κ2) is 10.4. The van der Waals surface area contributed by atoms with Gasteiger partial charge >= 0.3 is 0 Å². The number of methoxy groups -OCH3 is 1. The summed E-state index contributed by atoms with van der Waals surface area (Å²) in [5.41, 5.74) is 2.74. The van der Waals surface area contributed by atoms with Gasteiger partial charge < -0.3 is 9.64 Å².